The van der Waals surface area contributed by atoms with E-state index in [-0.39, 0.29) is 11.8 Å². The lowest BCUT2D eigenvalue weighted by Crippen LogP contribution is -2.25. The average molecular weight is 336 g/mol. The maximum atomic E-state index is 11.9. The normalized spacial score (nSPS) is 14.3. The maximum Gasteiger partial charge on any atom is 0.228 e. The first-order chi connectivity index (χ1) is 12.1. The van der Waals surface area contributed by atoms with Crippen molar-refractivity contribution in [2.24, 2.45) is 0 Å². The lowest BCUT2D eigenvalue weighted by Gasteiger charge is -2.15. The van der Waals surface area contributed by atoms with Crippen LogP contribution < -0.4 is 10.2 Å². The number of hydrogen-bond donors (Lipinski definition) is 1. The van der Waals surface area contributed by atoms with Gasteiger partial charge in [-0.25, -0.2) is 14.6 Å². The van der Waals surface area contributed by atoms with Crippen LogP contribution in [0.1, 0.15) is 19.8 Å². The van der Waals surface area contributed by atoms with E-state index in [9.17, 15) is 9.59 Å². The van der Waals surface area contributed by atoms with Gasteiger partial charge in [-0.15, -0.1) is 0 Å². The Balaban J connectivity index is 1.76. The number of aromatic nitrogens is 4. The van der Waals surface area contributed by atoms with Crippen LogP contribution in [-0.4, -0.2) is 38.1 Å². The van der Waals surface area contributed by atoms with Crippen molar-refractivity contribution >= 4 is 34.4 Å². The molecule has 25 heavy (non-hydrogen) atoms. The van der Waals surface area contributed by atoms with Gasteiger partial charge in [-0.2, -0.15) is 5.10 Å². The Kier molecular flexibility index (Phi) is 3.64. The topological polar surface area (TPSA) is 93.0 Å². The summed E-state index contributed by atoms with van der Waals surface area (Å²) in [4.78, 5) is 33.7. The predicted molar refractivity (Wildman–Crippen MR) is 92.6 cm³/mol. The van der Waals surface area contributed by atoms with E-state index in [1.165, 1.54) is 6.92 Å². The summed E-state index contributed by atoms with van der Waals surface area (Å²) in [6, 6.07) is 7.25. The molecule has 0 unspecified atom stereocenters. The molecule has 0 aromatic carbocycles. The van der Waals surface area contributed by atoms with Gasteiger partial charge in [0.05, 0.1) is 11.7 Å². The minimum absolute atomic E-state index is 0.0899. The standard InChI is InChI=1S/C17H16N6O2/c1-11(24)20-14-8-13-12(9-18-14)10-19-23(13)16-5-2-4-15(21-16)22-7-3-6-17(22)25/h2,4-5,8-10H,3,6-7H2,1H3,(H,18,20,24). The minimum Gasteiger partial charge on any atom is -0.311 e. The number of hydrogen-bond acceptors (Lipinski definition) is 5. The van der Waals surface area contributed by atoms with E-state index in [2.05, 4.69) is 20.4 Å². The SMILES string of the molecule is CC(=O)Nc1cc2c(cn1)cnn2-c1cccc(N2CCCC2=O)n1. The largest absolute Gasteiger partial charge is 0.311 e. The van der Waals surface area contributed by atoms with Gasteiger partial charge < -0.3 is 5.32 Å². The maximum absolute atomic E-state index is 11.9. The Hall–Kier alpha value is -3.29. The third kappa shape index (κ3) is 2.82. The molecule has 3 aromatic rings. The van der Waals surface area contributed by atoms with Gasteiger partial charge >= 0.3 is 0 Å². The summed E-state index contributed by atoms with van der Waals surface area (Å²) in [5.41, 5.74) is 0.774. The highest BCUT2D eigenvalue weighted by atomic mass is 16.2. The summed E-state index contributed by atoms with van der Waals surface area (Å²) >= 11 is 0. The molecule has 1 aliphatic heterocycles. The van der Waals surface area contributed by atoms with Gasteiger partial charge in [-0.3, -0.25) is 14.5 Å². The fourth-order valence-electron chi connectivity index (χ4n) is 2.92. The molecule has 126 valence electrons. The highest BCUT2D eigenvalue weighted by molar-refractivity contribution is 5.94. The van der Waals surface area contributed by atoms with Crippen LogP contribution in [0.5, 0.6) is 0 Å². The molecular weight excluding hydrogens is 320 g/mol. The molecule has 0 atom stereocenters. The molecule has 1 aliphatic rings. The molecule has 8 nitrogen and oxygen atoms in total. The molecule has 0 saturated carbocycles. The van der Waals surface area contributed by atoms with Crippen molar-refractivity contribution in [2.75, 3.05) is 16.8 Å². The molecule has 1 saturated heterocycles. The Morgan fingerprint density at radius 3 is 2.84 bits per heavy atom. The van der Waals surface area contributed by atoms with Crippen LogP contribution in [0.3, 0.4) is 0 Å². The predicted octanol–water partition coefficient (Wildman–Crippen LogP) is 1.90. The molecule has 1 N–H and O–H groups in total. The highest BCUT2D eigenvalue weighted by Gasteiger charge is 2.23. The van der Waals surface area contributed by atoms with E-state index >= 15 is 0 Å². The highest BCUT2D eigenvalue weighted by Crippen LogP contribution is 2.23. The molecule has 4 heterocycles. The number of nitrogens with one attached hydrogen (secondary N) is 1. The molecule has 2 amide bonds. The van der Waals surface area contributed by atoms with Crippen LogP contribution in [0.15, 0.2) is 36.7 Å². The van der Waals surface area contributed by atoms with E-state index in [0.29, 0.717) is 30.4 Å². The Labute approximate surface area is 143 Å². The third-order valence-electron chi connectivity index (χ3n) is 4.04. The molecule has 1 fully saturated rings. The fraction of sp³-hybridized carbons (Fsp3) is 0.235. The van der Waals surface area contributed by atoms with Gasteiger partial charge in [-0.1, -0.05) is 6.07 Å². The van der Waals surface area contributed by atoms with Crippen LogP contribution in [0.25, 0.3) is 16.7 Å². The zero-order valence-corrected chi connectivity index (χ0v) is 13.6. The summed E-state index contributed by atoms with van der Waals surface area (Å²) in [6.07, 6.45) is 4.75. The number of anilines is 2. The average Bonchev–Trinajstić information content (AvgIpc) is 3.20. The summed E-state index contributed by atoms with van der Waals surface area (Å²) in [5, 5.41) is 7.87. The van der Waals surface area contributed by atoms with Crippen molar-refractivity contribution in [3.05, 3.63) is 36.7 Å². The van der Waals surface area contributed by atoms with Crippen molar-refractivity contribution in [1.82, 2.24) is 19.7 Å². The molecule has 0 bridgehead atoms. The van der Waals surface area contributed by atoms with Gasteiger partial charge in [0.2, 0.25) is 11.8 Å². The van der Waals surface area contributed by atoms with Crippen molar-refractivity contribution in [3.8, 4) is 5.82 Å². The number of carbonyl (C=O) groups is 2. The second kappa shape index (κ2) is 5.97. The zero-order valence-electron chi connectivity index (χ0n) is 13.6. The number of fused-ring (bicyclic) bond motifs is 1. The van der Waals surface area contributed by atoms with Crippen LogP contribution in [0.4, 0.5) is 11.6 Å². The Morgan fingerprint density at radius 1 is 1.24 bits per heavy atom. The number of rotatable bonds is 3. The van der Waals surface area contributed by atoms with Gasteiger partial charge in [0.1, 0.15) is 11.6 Å². The third-order valence-corrected chi connectivity index (χ3v) is 4.04. The quantitative estimate of drug-likeness (QED) is 0.788. The Bertz CT molecular complexity index is 980. The molecule has 3 aromatic heterocycles. The number of pyridine rings is 2. The lowest BCUT2D eigenvalue weighted by atomic mass is 10.3. The van der Waals surface area contributed by atoms with Crippen molar-refractivity contribution in [1.29, 1.82) is 0 Å². The number of amides is 2. The lowest BCUT2D eigenvalue weighted by molar-refractivity contribution is -0.117. The summed E-state index contributed by atoms with van der Waals surface area (Å²) < 4.78 is 1.67. The molecule has 0 aliphatic carbocycles. The molecule has 0 radical (unpaired) electrons. The second-order valence-electron chi connectivity index (χ2n) is 5.87. The summed E-state index contributed by atoms with van der Waals surface area (Å²) in [7, 11) is 0. The van der Waals surface area contributed by atoms with Crippen LogP contribution in [0.2, 0.25) is 0 Å². The van der Waals surface area contributed by atoms with Gasteiger partial charge in [0.25, 0.3) is 0 Å². The van der Waals surface area contributed by atoms with E-state index in [4.69, 9.17) is 0 Å². The first kappa shape index (κ1) is 15.3. The minimum atomic E-state index is -0.189. The van der Waals surface area contributed by atoms with E-state index < -0.39 is 0 Å². The number of nitrogens with zero attached hydrogens (tertiary/aromatic N) is 5. The van der Waals surface area contributed by atoms with E-state index in [1.807, 2.05) is 18.2 Å². The summed E-state index contributed by atoms with van der Waals surface area (Å²) in [6.45, 7) is 2.12. The molecule has 0 spiro atoms. The van der Waals surface area contributed by atoms with Gasteiger partial charge in [-0.05, 0) is 18.6 Å². The van der Waals surface area contributed by atoms with Crippen molar-refractivity contribution in [2.45, 2.75) is 19.8 Å². The van der Waals surface area contributed by atoms with Gasteiger partial charge in [0.15, 0.2) is 5.82 Å². The molecule has 8 heteroatoms. The first-order valence-corrected chi connectivity index (χ1v) is 8.01. The van der Waals surface area contributed by atoms with Crippen LogP contribution in [0, 0.1) is 0 Å². The number of carbonyl (C=O) groups excluding carboxylic acids is 2. The van der Waals surface area contributed by atoms with Crippen LogP contribution in [-0.2, 0) is 9.59 Å². The molecular formula is C17H16N6O2. The van der Waals surface area contributed by atoms with E-state index in [0.717, 1.165) is 17.3 Å². The smallest absolute Gasteiger partial charge is 0.228 e. The van der Waals surface area contributed by atoms with E-state index in [1.54, 1.807) is 28.0 Å². The van der Waals surface area contributed by atoms with Crippen molar-refractivity contribution < 1.29 is 9.59 Å². The van der Waals surface area contributed by atoms with Crippen molar-refractivity contribution in [3.63, 3.8) is 0 Å². The zero-order chi connectivity index (χ0) is 17.4. The fourth-order valence-corrected chi connectivity index (χ4v) is 2.92. The second-order valence-corrected chi connectivity index (χ2v) is 5.87. The Morgan fingerprint density at radius 2 is 2.08 bits per heavy atom. The summed E-state index contributed by atoms with van der Waals surface area (Å²) in [5.74, 6) is 1.58. The first-order valence-electron chi connectivity index (χ1n) is 8.01. The van der Waals surface area contributed by atoms with Crippen LogP contribution >= 0.6 is 0 Å². The monoisotopic (exact) mass is 336 g/mol. The molecule has 4 rings (SSSR count). The van der Waals surface area contributed by atoms with Gasteiger partial charge in [0, 0.05) is 37.5 Å².